The minimum atomic E-state index is 0.0495. The van der Waals surface area contributed by atoms with Crippen molar-refractivity contribution in [1.29, 1.82) is 0 Å². The first-order valence-corrected chi connectivity index (χ1v) is 12.0. The molecule has 32 heavy (non-hydrogen) atoms. The third kappa shape index (κ3) is 5.91. The van der Waals surface area contributed by atoms with Gasteiger partial charge in [-0.2, -0.15) is 0 Å². The zero-order valence-corrected chi connectivity index (χ0v) is 20.8. The standard InChI is InChI=1S/C24H30ClN5OS/c1-17(2)29(15-19-9-7-6-8-10-19)22(31)16-32-24-27-26-23(18(3)28(4)5)30(24)21-13-11-20(25)12-14-21/h6-14,17-18H,15-16H2,1-5H3/t18-/m1/s1. The fourth-order valence-corrected chi connectivity index (χ4v) is 4.23. The van der Waals surface area contributed by atoms with E-state index in [2.05, 4.69) is 22.0 Å². The molecule has 0 spiro atoms. The van der Waals surface area contributed by atoms with Crippen LogP contribution in [-0.4, -0.2) is 56.4 Å². The molecule has 0 unspecified atom stereocenters. The molecule has 1 aromatic heterocycles. The van der Waals surface area contributed by atoms with Crippen molar-refractivity contribution in [2.75, 3.05) is 19.8 Å². The van der Waals surface area contributed by atoms with Gasteiger partial charge in [0.15, 0.2) is 11.0 Å². The topological polar surface area (TPSA) is 54.3 Å². The Hall–Kier alpha value is -2.35. The Bertz CT molecular complexity index is 1020. The highest BCUT2D eigenvalue weighted by Crippen LogP contribution is 2.28. The van der Waals surface area contributed by atoms with Gasteiger partial charge in [0.1, 0.15) is 0 Å². The van der Waals surface area contributed by atoms with Crippen molar-refractivity contribution in [3.63, 3.8) is 0 Å². The van der Waals surface area contributed by atoms with E-state index in [1.807, 2.05) is 92.0 Å². The van der Waals surface area contributed by atoms with Crippen molar-refractivity contribution in [3.8, 4) is 5.69 Å². The molecule has 0 radical (unpaired) electrons. The molecule has 0 N–H and O–H groups in total. The predicted octanol–water partition coefficient (Wildman–Crippen LogP) is 5.07. The maximum absolute atomic E-state index is 13.1. The zero-order valence-electron chi connectivity index (χ0n) is 19.2. The van der Waals surface area contributed by atoms with Gasteiger partial charge in [0.2, 0.25) is 5.91 Å². The van der Waals surface area contributed by atoms with E-state index >= 15 is 0 Å². The molecule has 170 valence electrons. The van der Waals surface area contributed by atoms with Crippen molar-refractivity contribution in [2.45, 2.75) is 44.6 Å². The summed E-state index contributed by atoms with van der Waals surface area (Å²) in [5, 5.41) is 10.2. The lowest BCUT2D eigenvalue weighted by Gasteiger charge is -2.27. The highest BCUT2D eigenvalue weighted by atomic mass is 35.5. The average molecular weight is 472 g/mol. The van der Waals surface area contributed by atoms with Crippen LogP contribution in [0.25, 0.3) is 5.69 Å². The van der Waals surface area contributed by atoms with Crippen LogP contribution in [0, 0.1) is 0 Å². The molecule has 1 amide bonds. The second-order valence-corrected chi connectivity index (χ2v) is 9.56. The van der Waals surface area contributed by atoms with Crippen molar-refractivity contribution in [3.05, 3.63) is 71.0 Å². The summed E-state index contributed by atoms with van der Waals surface area (Å²) in [6.07, 6.45) is 0. The number of rotatable bonds is 9. The number of hydrogen-bond donors (Lipinski definition) is 0. The van der Waals surface area contributed by atoms with E-state index in [4.69, 9.17) is 11.6 Å². The summed E-state index contributed by atoms with van der Waals surface area (Å²) >= 11 is 7.50. The summed E-state index contributed by atoms with van der Waals surface area (Å²) in [7, 11) is 4.01. The number of hydrogen-bond acceptors (Lipinski definition) is 5. The molecule has 0 saturated carbocycles. The smallest absolute Gasteiger partial charge is 0.233 e. The van der Waals surface area contributed by atoms with Gasteiger partial charge in [0.05, 0.1) is 11.8 Å². The first kappa shape index (κ1) is 24.3. The van der Waals surface area contributed by atoms with Gasteiger partial charge in [-0.3, -0.25) is 14.3 Å². The molecule has 0 aliphatic rings. The van der Waals surface area contributed by atoms with Gasteiger partial charge in [-0.1, -0.05) is 53.7 Å². The molecule has 0 saturated heterocycles. The minimum Gasteiger partial charge on any atom is -0.335 e. The number of benzene rings is 2. The Labute approximate surface area is 199 Å². The molecular weight excluding hydrogens is 442 g/mol. The SMILES string of the molecule is CC(C)N(Cc1ccccc1)C(=O)CSc1nnc([C@@H](C)N(C)C)n1-c1ccc(Cl)cc1. The summed E-state index contributed by atoms with van der Waals surface area (Å²) in [6, 6.07) is 17.8. The molecule has 1 heterocycles. The maximum atomic E-state index is 13.1. The van der Waals surface area contributed by atoms with Crippen LogP contribution in [0.15, 0.2) is 59.8 Å². The molecule has 0 bridgehead atoms. The molecule has 2 aromatic carbocycles. The average Bonchev–Trinajstić information content (AvgIpc) is 3.20. The summed E-state index contributed by atoms with van der Waals surface area (Å²) < 4.78 is 2.01. The van der Waals surface area contributed by atoms with Crippen LogP contribution in [0.1, 0.15) is 38.2 Å². The summed E-state index contributed by atoms with van der Waals surface area (Å²) in [5.41, 5.74) is 2.04. The monoisotopic (exact) mass is 471 g/mol. The number of amides is 1. The molecule has 0 fully saturated rings. The zero-order chi connectivity index (χ0) is 23.3. The van der Waals surface area contributed by atoms with Crippen molar-refractivity contribution in [1.82, 2.24) is 24.6 Å². The molecule has 3 rings (SSSR count). The van der Waals surface area contributed by atoms with Crippen LogP contribution in [-0.2, 0) is 11.3 Å². The number of thioether (sulfide) groups is 1. The van der Waals surface area contributed by atoms with Crippen LogP contribution in [0.4, 0.5) is 0 Å². The fourth-order valence-electron chi connectivity index (χ4n) is 3.26. The Balaban J connectivity index is 1.83. The van der Waals surface area contributed by atoms with Crippen LogP contribution >= 0.6 is 23.4 Å². The molecule has 0 aliphatic carbocycles. The first-order chi connectivity index (χ1) is 15.3. The Morgan fingerprint density at radius 2 is 1.69 bits per heavy atom. The van der Waals surface area contributed by atoms with E-state index in [0.29, 0.717) is 16.7 Å². The lowest BCUT2D eigenvalue weighted by Crippen LogP contribution is -2.37. The van der Waals surface area contributed by atoms with E-state index in [1.165, 1.54) is 11.8 Å². The van der Waals surface area contributed by atoms with Crippen molar-refractivity contribution in [2.24, 2.45) is 0 Å². The van der Waals surface area contributed by atoms with Gasteiger partial charge in [0.25, 0.3) is 0 Å². The molecule has 6 nitrogen and oxygen atoms in total. The van der Waals surface area contributed by atoms with E-state index in [9.17, 15) is 4.79 Å². The van der Waals surface area contributed by atoms with E-state index < -0.39 is 0 Å². The maximum Gasteiger partial charge on any atom is 0.233 e. The lowest BCUT2D eigenvalue weighted by molar-refractivity contribution is -0.130. The second-order valence-electron chi connectivity index (χ2n) is 8.18. The third-order valence-corrected chi connectivity index (χ3v) is 6.52. The highest BCUT2D eigenvalue weighted by molar-refractivity contribution is 7.99. The van der Waals surface area contributed by atoms with Crippen molar-refractivity contribution < 1.29 is 4.79 Å². The van der Waals surface area contributed by atoms with Gasteiger partial charge in [-0.25, -0.2) is 0 Å². The molecule has 8 heteroatoms. The largest absolute Gasteiger partial charge is 0.335 e. The van der Waals surface area contributed by atoms with Crippen molar-refractivity contribution >= 4 is 29.3 Å². The number of halogens is 1. The third-order valence-electron chi connectivity index (χ3n) is 5.36. The van der Waals surface area contributed by atoms with E-state index in [1.54, 1.807) is 0 Å². The quantitative estimate of drug-likeness (QED) is 0.408. The first-order valence-electron chi connectivity index (χ1n) is 10.6. The number of aromatic nitrogens is 3. The Morgan fingerprint density at radius 1 is 1.03 bits per heavy atom. The van der Waals surface area contributed by atoms with Crippen LogP contribution < -0.4 is 0 Å². The van der Waals surface area contributed by atoms with Crippen LogP contribution in [0.2, 0.25) is 5.02 Å². The minimum absolute atomic E-state index is 0.0495. The Morgan fingerprint density at radius 3 is 2.28 bits per heavy atom. The molecule has 3 aromatic rings. The summed E-state index contributed by atoms with van der Waals surface area (Å²) in [4.78, 5) is 17.1. The van der Waals surface area contributed by atoms with E-state index in [-0.39, 0.29) is 23.7 Å². The number of nitrogens with zero attached hydrogens (tertiary/aromatic N) is 5. The van der Waals surface area contributed by atoms with Gasteiger partial charge in [0, 0.05) is 23.3 Å². The highest BCUT2D eigenvalue weighted by Gasteiger charge is 2.23. The summed E-state index contributed by atoms with van der Waals surface area (Å²) in [5.74, 6) is 1.17. The normalized spacial score (nSPS) is 12.4. The summed E-state index contributed by atoms with van der Waals surface area (Å²) in [6.45, 7) is 6.75. The molecule has 0 aliphatic heterocycles. The predicted molar refractivity (Wildman–Crippen MR) is 131 cm³/mol. The Kier molecular flexibility index (Phi) is 8.34. The lowest BCUT2D eigenvalue weighted by atomic mass is 10.2. The van der Waals surface area contributed by atoms with Gasteiger partial charge < -0.3 is 4.90 Å². The number of carbonyl (C=O) groups excluding carboxylic acids is 1. The number of carbonyl (C=O) groups is 1. The van der Waals surface area contributed by atoms with Crippen LogP contribution in [0.5, 0.6) is 0 Å². The van der Waals surface area contributed by atoms with Gasteiger partial charge in [-0.05, 0) is 64.7 Å². The van der Waals surface area contributed by atoms with Gasteiger partial charge >= 0.3 is 0 Å². The fraction of sp³-hybridized carbons (Fsp3) is 0.375. The van der Waals surface area contributed by atoms with Gasteiger partial charge in [-0.15, -0.1) is 10.2 Å². The van der Waals surface area contributed by atoms with Crippen LogP contribution in [0.3, 0.4) is 0 Å². The molecule has 1 atom stereocenters. The molecular formula is C24H30ClN5OS. The second kappa shape index (κ2) is 11.0. The van der Waals surface area contributed by atoms with E-state index in [0.717, 1.165) is 17.1 Å².